The number of rotatable bonds is 6. The largest absolute Gasteiger partial charge is 0.352 e. The minimum atomic E-state index is 0.0502. The van der Waals surface area contributed by atoms with Crippen LogP contribution in [0.2, 0.25) is 0 Å². The summed E-state index contributed by atoms with van der Waals surface area (Å²) in [5.74, 6) is 1.45. The lowest BCUT2D eigenvalue weighted by Gasteiger charge is -2.31. The van der Waals surface area contributed by atoms with Crippen molar-refractivity contribution in [1.29, 1.82) is 0 Å². The van der Waals surface area contributed by atoms with E-state index in [0.29, 0.717) is 18.9 Å². The van der Waals surface area contributed by atoms with Gasteiger partial charge >= 0.3 is 0 Å². The zero-order valence-electron chi connectivity index (χ0n) is 15.1. The minimum absolute atomic E-state index is 0.0502. The summed E-state index contributed by atoms with van der Waals surface area (Å²) in [4.78, 5) is 29.8. The number of piperidine rings is 1. The molecule has 0 spiro atoms. The van der Waals surface area contributed by atoms with E-state index in [9.17, 15) is 9.59 Å². The van der Waals surface area contributed by atoms with Gasteiger partial charge < -0.3 is 10.2 Å². The van der Waals surface area contributed by atoms with Crippen LogP contribution in [0.4, 0.5) is 0 Å². The van der Waals surface area contributed by atoms with Gasteiger partial charge in [0, 0.05) is 57.1 Å². The molecule has 1 aliphatic rings. The topological polar surface area (TPSA) is 80.1 Å². The Balaban J connectivity index is 1.45. The number of likely N-dealkylation sites (tertiary alicyclic amines) is 1. The highest BCUT2D eigenvalue weighted by molar-refractivity contribution is 5.76. The molecule has 0 atom stereocenters. The first-order chi connectivity index (χ1) is 12.6. The summed E-state index contributed by atoms with van der Waals surface area (Å²) >= 11 is 0. The SMILES string of the molecule is CC(=O)N1CCC(CCC(=O)NCc2cccnc2-n2cccn2)CC1. The third kappa shape index (κ3) is 4.68. The van der Waals surface area contributed by atoms with Gasteiger partial charge in [-0.2, -0.15) is 5.10 Å². The van der Waals surface area contributed by atoms with Crippen molar-refractivity contribution in [2.45, 2.75) is 39.2 Å². The lowest BCUT2D eigenvalue weighted by atomic mass is 9.92. The molecule has 3 heterocycles. The molecule has 1 fully saturated rings. The van der Waals surface area contributed by atoms with Gasteiger partial charge in [-0.1, -0.05) is 6.07 Å². The van der Waals surface area contributed by atoms with Crippen LogP contribution in [0.25, 0.3) is 5.82 Å². The molecular formula is C19H25N5O2. The molecule has 7 nitrogen and oxygen atoms in total. The summed E-state index contributed by atoms with van der Waals surface area (Å²) < 4.78 is 1.70. The van der Waals surface area contributed by atoms with Gasteiger partial charge in [0.2, 0.25) is 11.8 Å². The fourth-order valence-electron chi connectivity index (χ4n) is 3.32. The first kappa shape index (κ1) is 18.1. The van der Waals surface area contributed by atoms with Crippen LogP contribution in [-0.2, 0) is 16.1 Å². The van der Waals surface area contributed by atoms with E-state index in [1.54, 1.807) is 24.0 Å². The van der Waals surface area contributed by atoms with Crippen LogP contribution in [0.5, 0.6) is 0 Å². The molecule has 7 heteroatoms. The lowest BCUT2D eigenvalue weighted by molar-refractivity contribution is -0.130. The van der Waals surface area contributed by atoms with Crippen molar-refractivity contribution in [2.24, 2.45) is 5.92 Å². The molecule has 138 valence electrons. The number of aromatic nitrogens is 3. The second-order valence-corrected chi connectivity index (χ2v) is 6.70. The fourth-order valence-corrected chi connectivity index (χ4v) is 3.32. The molecule has 1 N–H and O–H groups in total. The number of pyridine rings is 1. The predicted molar refractivity (Wildman–Crippen MR) is 97.4 cm³/mol. The number of amides is 2. The molecular weight excluding hydrogens is 330 g/mol. The minimum Gasteiger partial charge on any atom is -0.352 e. The highest BCUT2D eigenvalue weighted by atomic mass is 16.2. The van der Waals surface area contributed by atoms with Gasteiger partial charge in [0.15, 0.2) is 5.82 Å². The van der Waals surface area contributed by atoms with Crippen molar-refractivity contribution in [3.05, 3.63) is 42.4 Å². The summed E-state index contributed by atoms with van der Waals surface area (Å²) in [5.41, 5.74) is 0.930. The van der Waals surface area contributed by atoms with Crippen molar-refractivity contribution in [2.75, 3.05) is 13.1 Å². The quantitative estimate of drug-likeness (QED) is 0.858. The van der Waals surface area contributed by atoms with Crippen molar-refractivity contribution < 1.29 is 9.59 Å². The van der Waals surface area contributed by atoms with Gasteiger partial charge in [0.25, 0.3) is 0 Å². The second-order valence-electron chi connectivity index (χ2n) is 6.70. The Morgan fingerprint density at radius 2 is 2.04 bits per heavy atom. The molecule has 0 radical (unpaired) electrons. The molecule has 0 unspecified atom stereocenters. The molecule has 2 amide bonds. The average molecular weight is 355 g/mol. The monoisotopic (exact) mass is 355 g/mol. The van der Waals surface area contributed by atoms with Crippen molar-refractivity contribution in [1.82, 2.24) is 25.0 Å². The molecule has 2 aromatic heterocycles. The zero-order valence-corrected chi connectivity index (χ0v) is 15.1. The van der Waals surface area contributed by atoms with E-state index in [2.05, 4.69) is 15.4 Å². The van der Waals surface area contributed by atoms with E-state index in [0.717, 1.165) is 43.7 Å². The van der Waals surface area contributed by atoms with E-state index < -0.39 is 0 Å². The number of nitrogens with one attached hydrogen (secondary N) is 1. The van der Waals surface area contributed by atoms with Crippen molar-refractivity contribution in [3.8, 4) is 5.82 Å². The maximum atomic E-state index is 12.2. The van der Waals surface area contributed by atoms with Crippen molar-refractivity contribution in [3.63, 3.8) is 0 Å². The number of nitrogens with zero attached hydrogens (tertiary/aromatic N) is 4. The Morgan fingerprint density at radius 1 is 1.23 bits per heavy atom. The molecule has 0 aromatic carbocycles. The van der Waals surface area contributed by atoms with E-state index in [-0.39, 0.29) is 11.8 Å². The molecule has 1 saturated heterocycles. The van der Waals surface area contributed by atoms with Gasteiger partial charge in [0.1, 0.15) is 0 Å². The summed E-state index contributed by atoms with van der Waals surface area (Å²) in [6.07, 6.45) is 8.61. The van der Waals surface area contributed by atoms with E-state index in [1.165, 1.54) is 0 Å². The van der Waals surface area contributed by atoms with Gasteiger partial charge in [-0.25, -0.2) is 9.67 Å². The predicted octanol–water partition coefficient (Wildman–Crippen LogP) is 1.92. The van der Waals surface area contributed by atoms with Crippen LogP contribution in [0, 0.1) is 5.92 Å². The highest BCUT2D eigenvalue weighted by Crippen LogP contribution is 2.22. The number of hydrogen-bond donors (Lipinski definition) is 1. The molecule has 0 saturated carbocycles. The Morgan fingerprint density at radius 3 is 2.73 bits per heavy atom. The second kappa shape index (κ2) is 8.60. The molecule has 2 aromatic rings. The average Bonchev–Trinajstić information content (AvgIpc) is 3.20. The Kier molecular flexibility index (Phi) is 5.99. The zero-order chi connectivity index (χ0) is 18.4. The summed E-state index contributed by atoms with van der Waals surface area (Å²) in [6, 6.07) is 5.65. The van der Waals surface area contributed by atoms with Gasteiger partial charge in [-0.05, 0) is 37.3 Å². The lowest BCUT2D eigenvalue weighted by Crippen LogP contribution is -2.37. The molecule has 0 aliphatic carbocycles. The van der Waals surface area contributed by atoms with Crippen LogP contribution in [0.15, 0.2) is 36.8 Å². The smallest absolute Gasteiger partial charge is 0.220 e. The molecule has 1 aliphatic heterocycles. The van der Waals surface area contributed by atoms with Crippen LogP contribution < -0.4 is 5.32 Å². The highest BCUT2D eigenvalue weighted by Gasteiger charge is 2.21. The van der Waals surface area contributed by atoms with Gasteiger partial charge in [-0.15, -0.1) is 0 Å². The molecule has 26 heavy (non-hydrogen) atoms. The summed E-state index contributed by atoms with van der Waals surface area (Å²) in [7, 11) is 0. The van der Waals surface area contributed by atoms with E-state index >= 15 is 0 Å². The van der Waals surface area contributed by atoms with Gasteiger partial charge in [0.05, 0.1) is 0 Å². The van der Waals surface area contributed by atoms with Gasteiger partial charge in [-0.3, -0.25) is 9.59 Å². The molecule has 3 rings (SSSR count). The maximum absolute atomic E-state index is 12.2. The van der Waals surface area contributed by atoms with E-state index in [1.807, 2.05) is 29.3 Å². The number of carbonyl (C=O) groups excluding carboxylic acids is 2. The normalized spacial score (nSPS) is 15.0. The molecule has 0 bridgehead atoms. The van der Waals surface area contributed by atoms with Crippen LogP contribution >= 0.6 is 0 Å². The Labute approximate surface area is 153 Å². The summed E-state index contributed by atoms with van der Waals surface area (Å²) in [5, 5.41) is 7.19. The van der Waals surface area contributed by atoms with Crippen LogP contribution in [-0.4, -0.2) is 44.6 Å². The first-order valence-electron chi connectivity index (χ1n) is 9.09. The Hall–Kier alpha value is -2.70. The fraction of sp³-hybridized carbons (Fsp3) is 0.474. The maximum Gasteiger partial charge on any atom is 0.220 e. The number of carbonyl (C=O) groups is 2. The third-order valence-electron chi connectivity index (χ3n) is 4.90. The third-order valence-corrected chi connectivity index (χ3v) is 4.90. The standard InChI is InChI=1S/C19H25N5O2/c1-15(25)23-12-7-16(8-13-23)5-6-18(26)21-14-17-4-2-9-20-19(17)24-11-3-10-22-24/h2-4,9-11,16H,5-8,12-14H2,1H3,(H,21,26). The number of hydrogen-bond acceptors (Lipinski definition) is 4. The Bertz CT molecular complexity index is 736. The van der Waals surface area contributed by atoms with Crippen molar-refractivity contribution >= 4 is 11.8 Å². The van der Waals surface area contributed by atoms with Crippen LogP contribution in [0.1, 0.15) is 38.2 Å². The summed E-state index contributed by atoms with van der Waals surface area (Å²) in [6.45, 7) is 3.67. The van der Waals surface area contributed by atoms with Crippen LogP contribution in [0.3, 0.4) is 0 Å². The first-order valence-corrected chi connectivity index (χ1v) is 9.09. The van der Waals surface area contributed by atoms with E-state index in [4.69, 9.17) is 0 Å².